The molecule has 5 atom stereocenters. The lowest BCUT2D eigenvalue weighted by Gasteiger charge is -2.25. The van der Waals surface area contributed by atoms with E-state index in [-0.39, 0.29) is 12.6 Å². The summed E-state index contributed by atoms with van der Waals surface area (Å²) in [5.74, 6) is -2.00. The number of nitrogens with two attached hydrogens (primary N) is 1. The molecule has 0 radical (unpaired) electrons. The van der Waals surface area contributed by atoms with E-state index >= 15 is 0 Å². The van der Waals surface area contributed by atoms with Crippen LogP contribution in [0.2, 0.25) is 0 Å². The molecule has 2 saturated heterocycles. The standard InChI is InChI=1S/C21H37N5O6/c1-3-4-5-6-7-8-9-14(22)18(28)24-16(11-27)19(29)23-15-10-13(2)26(21(15)31)17-12-32-25-20(17)30/h13-17,27H,3-12,22H2,1-2H3,(H,23,29)(H,24,28)(H,25,30)/t13?,14-,15-,16-,17-/m0/s1. The lowest BCUT2D eigenvalue weighted by molar-refractivity contribution is -0.139. The van der Waals surface area contributed by atoms with Gasteiger partial charge < -0.3 is 26.4 Å². The van der Waals surface area contributed by atoms with Crippen molar-refractivity contribution >= 4 is 23.6 Å². The third-order valence-electron chi connectivity index (χ3n) is 5.99. The number of hydrogen-bond donors (Lipinski definition) is 5. The lowest BCUT2D eigenvalue weighted by atomic mass is 10.1. The van der Waals surface area contributed by atoms with Gasteiger partial charge in [-0.05, 0) is 19.8 Å². The van der Waals surface area contributed by atoms with Gasteiger partial charge in [-0.3, -0.25) is 24.0 Å². The first kappa shape index (κ1) is 26.0. The molecule has 0 aliphatic carbocycles. The first-order valence-electron chi connectivity index (χ1n) is 11.5. The number of unbranched alkanes of at least 4 members (excludes halogenated alkanes) is 5. The fraction of sp³-hybridized carbons (Fsp3) is 0.810. The summed E-state index contributed by atoms with van der Waals surface area (Å²) in [6, 6.07) is -3.86. The van der Waals surface area contributed by atoms with E-state index in [1.165, 1.54) is 24.2 Å². The number of aliphatic hydroxyl groups is 1. The van der Waals surface area contributed by atoms with Crippen LogP contribution in [0.1, 0.15) is 65.2 Å². The van der Waals surface area contributed by atoms with Crippen LogP contribution in [0.3, 0.4) is 0 Å². The second-order valence-corrected chi connectivity index (χ2v) is 8.59. The van der Waals surface area contributed by atoms with Crippen LogP contribution in [0.25, 0.3) is 0 Å². The molecule has 2 aliphatic rings. The van der Waals surface area contributed by atoms with Crippen molar-refractivity contribution in [1.82, 2.24) is 21.0 Å². The van der Waals surface area contributed by atoms with Gasteiger partial charge in [0.25, 0.3) is 5.91 Å². The smallest absolute Gasteiger partial charge is 0.268 e. The van der Waals surface area contributed by atoms with E-state index in [4.69, 9.17) is 10.6 Å². The first-order chi connectivity index (χ1) is 15.3. The van der Waals surface area contributed by atoms with Gasteiger partial charge in [0.2, 0.25) is 17.7 Å². The maximum absolute atomic E-state index is 12.7. The van der Waals surface area contributed by atoms with Gasteiger partial charge in [-0.2, -0.15) is 0 Å². The predicted molar refractivity (Wildman–Crippen MR) is 116 cm³/mol. The third kappa shape index (κ3) is 6.88. The van der Waals surface area contributed by atoms with Gasteiger partial charge in [-0.15, -0.1) is 0 Å². The van der Waals surface area contributed by atoms with Crippen molar-refractivity contribution in [3.63, 3.8) is 0 Å². The molecular weight excluding hydrogens is 418 g/mol. The van der Waals surface area contributed by atoms with E-state index in [0.717, 1.165) is 19.3 Å². The van der Waals surface area contributed by atoms with Crippen LogP contribution >= 0.6 is 0 Å². The molecule has 2 fully saturated rings. The van der Waals surface area contributed by atoms with Crippen LogP contribution in [0, 0.1) is 0 Å². The summed E-state index contributed by atoms with van der Waals surface area (Å²) in [6.07, 6.45) is 7.24. The van der Waals surface area contributed by atoms with E-state index in [2.05, 4.69) is 23.0 Å². The Morgan fingerprint density at radius 1 is 1.22 bits per heavy atom. The zero-order valence-corrected chi connectivity index (χ0v) is 19.0. The minimum atomic E-state index is -1.21. The van der Waals surface area contributed by atoms with Crippen molar-refractivity contribution in [2.45, 2.75) is 95.4 Å². The number of aliphatic hydroxyl groups excluding tert-OH is 1. The Morgan fingerprint density at radius 3 is 2.53 bits per heavy atom. The van der Waals surface area contributed by atoms with Crippen LogP contribution in [-0.2, 0) is 24.0 Å². The summed E-state index contributed by atoms with van der Waals surface area (Å²) in [5, 5.41) is 14.6. The SMILES string of the molecule is CCCCCCCC[C@H](N)C(=O)N[C@@H](CO)C(=O)N[C@H]1CC(C)N([C@H]2CONC2=O)C1=O. The highest BCUT2D eigenvalue weighted by Crippen LogP contribution is 2.23. The van der Waals surface area contributed by atoms with E-state index in [0.29, 0.717) is 12.8 Å². The van der Waals surface area contributed by atoms with Gasteiger partial charge in [0, 0.05) is 6.04 Å². The molecule has 2 aliphatic heterocycles. The second kappa shape index (κ2) is 12.7. The number of hydrogen-bond acceptors (Lipinski definition) is 7. The molecule has 0 aromatic heterocycles. The van der Waals surface area contributed by atoms with Crippen molar-refractivity contribution in [1.29, 1.82) is 0 Å². The normalized spacial score (nSPS) is 24.9. The summed E-state index contributed by atoms with van der Waals surface area (Å²) >= 11 is 0. The maximum Gasteiger partial charge on any atom is 0.268 e. The van der Waals surface area contributed by atoms with Crippen LogP contribution in [0.5, 0.6) is 0 Å². The number of likely N-dealkylation sites (tertiary alicyclic amines) is 1. The van der Waals surface area contributed by atoms with Crippen molar-refractivity contribution in [3.05, 3.63) is 0 Å². The van der Waals surface area contributed by atoms with E-state index < -0.39 is 54.4 Å². The highest BCUT2D eigenvalue weighted by Gasteiger charge is 2.46. The predicted octanol–water partition coefficient (Wildman–Crippen LogP) is -0.923. The Hall–Kier alpha value is -2.24. The highest BCUT2D eigenvalue weighted by molar-refractivity contribution is 5.96. The highest BCUT2D eigenvalue weighted by atomic mass is 16.7. The molecule has 6 N–H and O–H groups in total. The molecular formula is C21H37N5O6. The van der Waals surface area contributed by atoms with Gasteiger partial charge in [0.1, 0.15) is 24.7 Å². The van der Waals surface area contributed by atoms with Crippen LogP contribution in [-0.4, -0.2) is 77.1 Å². The van der Waals surface area contributed by atoms with Crippen molar-refractivity contribution in [3.8, 4) is 0 Å². The molecule has 0 aromatic carbocycles. The van der Waals surface area contributed by atoms with Crippen molar-refractivity contribution < 1.29 is 29.1 Å². The van der Waals surface area contributed by atoms with Gasteiger partial charge in [0.15, 0.2) is 0 Å². The largest absolute Gasteiger partial charge is 0.394 e. The van der Waals surface area contributed by atoms with Gasteiger partial charge >= 0.3 is 0 Å². The molecule has 0 spiro atoms. The molecule has 0 saturated carbocycles. The molecule has 0 aromatic rings. The minimum absolute atomic E-state index is 0.0431. The second-order valence-electron chi connectivity index (χ2n) is 8.59. The number of nitrogens with zero attached hydrogens (tertiary/aromatic N) is 1. The number of carbonyl (C=O) groups excluding carboxylic acids is 4. The van der Waals surface area contributed by atoms with Crippen LogP contribution in [0.15, 0.2) is 0 Å². The van der Waals surface area contributed by atoms with Crippen LogP contribution in [0.4, 0.5) is 0 Å². The molecule has 182 valence electrons. The number of rotatable bonds is 13. The summed E-state index contributed by atoms with van der Waals surface area (Å²) in [4.78, 5) is 55.8. The Morgan fingerprint density at radius 2 is 1.91 bits per heavy atom. The molecule has 2 rings (SSSR count). The summed E-state index contributed by atoms with van der Waals surface area (Å²) in [6.45, 7) is 3.35. The summed E-state index contributed by atoms with van der Waals surface area (Å²) in [7, 11) is 0. The molecule has 32 heavy (non-hydrogen) atoms. The number of nitrogens with one attached hydrogen (secondary N) is 3. The van der Waals surface area contributed by atoms with E-state index in [1.807, 2.05) is 0 Å². The van der Waals surface area contributed by atoms with E-state index in [9.17, 15) is 24.3 Å². The van der Waals surface area contributed by atoms with Gasteiger partial charge in [-0.1, -0.05) is 45.4 Å². The first-order valence-corrected chi connectivity index (χ1v) is 11.5. The summed E-state index contributed by atoms with van der Waals surface area (Å²) < 4.78 is 0. The number of amides is 4. The van der Waals surface area contributed by atoms with Crippen molar-refractivity contribution in [2.24, 2.45) is 5.73 Å². The Balaban J connectivity index is 1.81. The minimum Gasteiger partial charge on any atom is -0.394 e. The quantitative estimate of drug-likeness (QED) is 0.224. The number of hydroxylamine groups is 1. The lowest BCUT2D eigenvalue weighted by Crippen LogP contribution is -2.56. The fourth-order valence-corrected chi connectivity index (χ4v) is 4.10. The van der Waals surface area contributed by atoms with E-state index in [1.54, 1.807) is 6.92 Å². The monoisotopic (exact) mass is 455 g/mol. The fourth-order valence-electron chi connectivity index (χ4n) is 4.10. The number of carbonyl (C=O) groups is 4. The Bertz CT molecular complexity index is 675. The molecule has 11 nitrogen and oxygen atoms in total. The summed E-state index contributed by atoms with van der Waals surface area (Å²) in [5.41, 5.74) is 8.15. The Kier molecular flexibility index (Phi) is 10.3. The molecule has 2 heterocycles. The Labute approximate surface area is 188 Å². The average Bonchev–Trinajstić information content (AvgIpc) is 3.29. The zero-order valence-electron chi connectivity index (χ0n) is 19.0. The maximum atomic E-state index is 12.7. The van der Waals surface area contributed by atoms with Gasteiger partial charge in [-0.25, -0.2) is 5.48 Å². The topological polar surface area (TPSA) is 163 Å². The molecule has 0 bridgehead atoms. The molecule has 11 heteroatoms. The van der Waals surface area contributed by atoms with Gasteiger partial charge in [0.05, 0.1) is 12.6 Å². The molecule has 1 unspecified atom stereocenters. The van der Waals surface area contributed by atoms with Crippen LogP contribution < -0.4 is 21.8 Å². The average molecular weight is 456 g/mol. The third-order valence-corrected chi connectivity index (χ3v) is 5.99. The molecule has 4 amide bonds. The zero-order chi connectivity index (χ0) is 23.7. The van der Waals surface area contributed by atoms with Crippen molar-refractivity contribution in [2.75, 3.05) is 13.2 Å².